The number of carbonyl (C=O) groups excluding carboxylic acids is 1. The third kappa shape index (κ3) is 22.2. The third-order valence-corrected chi connectivity index (χ3v) is 11.4. The van der Waals surface area contributed by atoms with Gasteiger partial charge >= 0.3 is 5.97 Å². The van der Waals surface area contributed by atoms with Gasteiger partial charge in [0.2, 0.25) is 0 Å². The van der Waals surface area contributed by atoms with E-state index < -0.39 is 80.7 Å². The molecule has 0 saturated carbocycles. The standard InChI is InChI=1S/C44H84O14/c1-3-5-7-9-11-12-13-14-15-16-17-18-19-20-21-23-25-27-36(46)56-33(30-53-28-26-24-22-10-8-6-4-2)31-54-43-42(52)40(50)38(48)35(58-43)32-55-44-41(51)39(49)37(47)34(29-45)57-44/h33-35,37-45,47-52H,3-32H2,1-2H3. The molecule has 0 aromatic carbocycles. The molecule has 7 N–H and O–H groups in total. The van der Waals surface area contributed by atoms with Crippen LogP contribution >= 0.6 is 0 Å². The van der Waals surface area contributed by atoms with Gasteiger partial charge in [0, 0.05) is 13.0 Å². The summed E-state index contributed by atoms with van der Waals surface area (Å²) in [5.41, 5.74) is 0. The molecule has 2 aliphatic heterocycles. The molecule has 2 saturated heterocycles. The maximum atomic E-state index is 12.9. The molecular formula is C44H84O14. The van der Waals surface area contributed by atoms with E-state index in [9.17, 15) is 40.5 Å². The molecule has 0 radical (unpaired) electrons. The van der Waals surface area contributed by atoms with E-state index in [0.29, 0.717) is 13.0 Å². The van der Waals surface area contributed by atoms with E-state index in [1.165, 1.54) is 109 Å². The topological polar surface area (TPSA) is 214 Å². The molecule has 344 valence electrons. The molecule has 0 aromatic rings. The highest BCUT2D eigenvalue weighted by Crippen LogP contribution is 2.26. The zero-order valence-corrected chi connectivity index (χ0v) is 36.1. The minimum Gasteiger partial charge on any atom is -0.457 e. The number of carbonyl (C=O) groups is 1. The van der Waals surface area contributed by atoms with Crippen LogP contribution in [0.1, 0.15) is 174 Å². The summed E-state index contributed by atoms with van der Waals surface area (Å²) < 4.78 is 34.0. The summed E-state index contributed by atoms with van der Waals surface area (Å²) in [4.78, 5) is 12.9. The number of aliphatic hydroxyl groups is 7. The molecule has 0 aromatic heterocycles. The van der Waals surface area contributed by atoms with E-state index in [2.05, 4.69) is 13.8 Å². The van der Waals surface area contributed by atoms with Crippen LogP contribution < -0.4 is 0 Å². The Morgan fingerprint density at radius 3 is 1.40 bits per heavy atom. The van der Waals surface area contributed by atoms with Gasteiger partial charge in [0.1, 0.15) is 54.9 Å². The summed E-state index contributed by atoms with van der Waals surface area (Å²) in [6.45, 7) is 3.66. The molecule has 0 amide bonds. The third-order valence-electron chi connectivity index (χ3n) is 11.4. The SMILES string of the molecule is CCCCCCCCCCCCCCCCCCCC(=O)OC(COCCCCCCCCC)COC1OC(COC2OC(CO)C(O)C(O)C2O)C(O)C(O)C1O. The molecule has 14 nitrogen and oxygen atoms in total. The first-order chi connectivity index (χ1) is 28.1. The molecule has 0 aliphatic carbocycles. The number of unbranched alkanes of at least 4 members (excludes halogenated alkanes) is 22. The molecule has 0 bridgehead atoms. The molecule has 2 rings (SSSR count). The second kappa shape index (κ2) is 33.6. The molecule has 58 heavy (non-hydrogen) atoms. The van der Waals surface area contributed by atoms with E-state index in [0.717, 1.165) is 38.5 Å². The van der Waals surface area contributed by atoms with Crippen molar-refractivity contribution in [2.24, 2.45) is 0 Å². The van der Waals surface area contributed by atoms with Crippen LogP contribution in [-0.2, 0) is 33.2 Å². The molecular weight excluding hydrogens is 752 g/mol. The molecule has 2 heterocycles. The normalized spacial score (nSPS) is 28.2. The number of rotatable bonds is 36. The minimum atomic E-state index is -1.70. The Morgan fingerprint density at radius 1 is 0.500 bits per heavy atom. The second-order valence-electron chi connectivity index (χ2n) is 16.6. The maximum absolute atomic E-state index is 12.9. The van der Waals surface area contributed by atoms with Crippen molar-refractivity contribution in [3.05, 3.63) is 0 Å². The fraction of sp³-hybridized carbons (Fsp3) is 0.977. The van der Waals surface area contributed by atoms with Gasteiger partial charge in [-0.05, 0) is 12.8 Å². The lowest BCUT2D eigenvalue weighted by Gasteiger charge is -2.42. The highest BCUT2D eigenvalue weighted by Gasteiger charge is 2.47. The van der Waals surface area contributed by atoms with Gasteiger partial charge in [-0.15, -0.1) is 0 Å². The highest BCUT2D eigenvalue weighted by molar-refractivity contribution is 5.69. The van der Waals surface area contributed by atoms with E-state index in [1.54, 1.807) is 0 Å². The van der Waals surface area contributed by atoms with Crippen LogP contribution in [0.5, 0.6) is 0 Å². The molecule has 2 aliphatic rings. The van der Waals surface area contributed by atoms with Gasteiger partial charge in [0.05, 0.1) is 26.4 Å². The van der Waals surface area contributed by atoms with Crippen molar-refractivity contribution < 1.29 is 69.0 Å². The lowest BCUT2D eigenvalue weighted by Crippen LogP contribution is -2.61. The quantitative estimate of drug-likeness (QED) is 0.0313. The van der Waals surface area contributed by atoms with Gasteiger partial charge in [-0.3, -0.25) is 4.79 Å². The van der Waals surface area contributed by atoms with Crippen LogP contribution in [-0.4, -0.2) is 142 Å². The first-order valence-electron chi connectivity index (χ1n) is 23.1. The zero-order chi connectivity index (χ0) is 42.4. The number of aliphatic hydroxyl groups excluding tert-OH is 7. The van der Waals surface area contributed by atoms with Crippen LogP contribution in [0, 0.1) is 0 Å². The van der Waals surface area contributed by atoms with Crippen molar-refractivity contribution in [1.82, 2.24) is 0 Å². The number of hydrogen-bond donors (Lipinski definition) is 7. The average molecular weight is 837 g/mol. The number of ether oxygens (including phenoxy) is 6. The van der Waals surface area contributed by atoms with Gasteiger partial charge in [-0.1, -0.05) is 155 Å². The summed E-state index contributed by atoms with van der Waals surface area (Å²) in [5, 5.41) is 71.7. The molecule has 0 spiro atoms. The van der Waals surface area contributed by atoms with Crippen LogP contribution in [0.4, 0.5) is 0 Å². The predicted octanol–water partition coefficient (Wildman–Crippen LogP) is 5.35. The summed E-state index contributed by atoms with van der Waals surface area (Å²) in [5.74, 6) is -0.375. The Morgan fingerprint density at radius 2 is 0.914 bits per heavy atom. The summed E-state index contributed by atoms with van der Waals surface area (Å²) >= 11 is 0. The molecule has 14 heteroatoms. The summed E-state index contributed by atoms with van der Waals surface area (Å²) in [6, 6.07) is 0. The fourth-order valence-corrected chi connectivity index (χ4v) is 7.52. The van der Waals surface area contributed by atoms with Gasteiger partial charge in [0.15, 0.2) is 12.6 Å². The van der Waals surface area contributed by atoms with Crippen molar-refractivity contribution in [3.8, 4) is 0 Å². The first kappa shape index (κ1) is 53.1. The van der Waals surface area contributed by atoms with Gasteiger partial charge < -0.3 is 64.2 Å². The molecule has 11 atom stereocenters. The van der Waals surface area contributed by atoms with Crippen LogP contribution in [0.25, 0.3) is 0 Å². The van der Waals surface area contributed by atoms with Crippen molar-refractivity contribution in [2.75, 3.05) is 33.0 Å². The van der Waals surface area contributed by atoms with Crippen LogP contribution in [0.2, 0.25) is 0 Å². The number of hydrogen-bond acceptors (Lipinski definition) is 14. The Labute approximate surface area is 349 Å². The van der Waals surface area contributed by atoms with Crippen molar-refractivity contribution in [1.29, 1.82) is 0 Å². The lowest BCUT2D eigenvalue weighted by atomic mass is 9.98. The maximum Gasteiger partial charge on any atom is 0.306 e. The Hall–Kier alpha value is -1.01. The Kier molecular flexibility index (Phi) is 30.8. The smallest absolute Gasteiger partial charge is 0.306 e. The first-order valence-corrected chi connectivity index (χ1v) is 23.1. The minimum absolute atomic E-state index is 0.0677. The van der Waals surface area contributed by atoms with Gasteiger partial charge in [-0.2, -0.15) is 0 Å². The molecule has 11 unspecified atom stereocenters. The predicted molar refractivity (Wildman–Crippen MR) is 220 cm³/mol. The van der Waals surface area contributed by atoms with Crippen LogP contribution in [0.15, 0.2) is 0 Å². The van der Waals surface area contributed by atoms with Gasteiger partial charge in [0.25, 0.3) is 0 Å². The molecule has 2 fully saturated rings. The fourth-order valence-electron chi connectivity index (χ4n) is 7.52. The Bertz CT molecular complexity index is 975. The lowest BCUT2D eigenvalue weighted by molar-refractivity contribution is -0.332. The second-order valence-corrected chi connectivity index (χ2v) is 16.6. The van der Waals surface area contributed by atoms with Crippen molar-refractivity contribution >= 4 is 5.97 Å². The monoisotopic (exact) mass is 837 g/mol. The van der Waals surface area contributed by atoms with E-state index in [4.69, 9.17) is 28.4 Å². The highest BCUT2D eigenvalue weighted by atomic mass is 16.7. The summed E-state index contributed by atoms with van der Waals surface area (Å²) in [6.07, 6.45) is 13.3. The van der Waals surface area contributed by atoms with E-state index >= 15 is 0 Å². The van der Waals surface area contributed by atoms with E-state index in [1.807, 2.05) is 0 Å². The largest absolute Gasteiger partial charge is 0.457 e. The van der Waals surface area contributed by atoms with E-state index in [-0.39, 0.29) is 25.6 Å². The van der Waals surface area contributed by atoms with Gasteiger partial charge in [-0.25, -0.2) is 0 Å². The number of esters is 1. The zero-order valence-electron chi connectivity index (χ0n) is 36.1. The summed E-state index contributed by atoms with van der Waals surface area (Å²) in [7, 11) is 0. The average Bonchev–Trinajstić information content (AvgIpc) is 3.22. The van der Waals surface area contributed by atoms with Crippen molar-refractivity contribution in [2.45, 2.75) is 242 Å². The Balaban J connectivity index is 1.75. The van der Waals surface area contributed by atoms with Crippen molar-refractivity contribution in [3.63, 3.8) is 0 Å². The van der Waals surface area contributed by atoms with Crippen LogP contribution in [0.3, 0.4) is 0 Å².